The van der Waals surface area contributed by atoms with Gasteiger partial charge in [-0.05, 0) is 77.5 Å². The van der Waals surface area contributed by atoms with Gasteiger partial charge in [-0.2, -0.15) is 0 Å². The minimum atomic E-state index is -0.966. The number of rotatable bonds is 2. The highest BCUT2D eigenvalue weighted by Gasteiger charge is 2.54. The fraction of sp³-hybridized carbons (Fsp3) is 0.600. The van der Waals surface area contributed by atoms with Gasteiger partial charge in [-0.15, -0.1) is 0 Å². The van der Waals surface area contributed by atoms with E-state index in [1.807, 2.05) is 33.8 Å². The molecule has 1 aromatic rings. The molecule has 2 bridgehead atoms. The Bertz CT molecular complexity index is 761. The summed E-state index contributed by atoms with van der Waals surface area (Å²) in [5, 5.41) is 2.93. The van der Waals surface area contributed by atoms with Gasteiger partial charge in [-0.25, -0.2) is 4.79 Å². The second kappa shape index (κ2) is 7.00. The van der Waals surface area contributed by atoms with Gasteiger partial charge in [0.15, 0.2) is 0 Å². The number of hydrogen-bond donors (Lipinski definition) is 2. The van der Waals surface area contributed by atoms with Crippen molar-refractivity contribution < 1.29 is 14.3 Å². The zero-order valence-corrected chi connectivity index (χ0v) is 17.9. The maximum atomic E-state index is 13.3. The van der Waals surface area contributed by atoms with Crippen LogP contribution >= 0.6 is 15.9 Å². The fourth-order valence-corrected chi connectivity index (χ4v) is 4.68. The Morgan fingerprint density at radius 1 is 1.33 bits per heavy atom. The first-order chi connectivity index (χ1) is 12.5. The van der Waals surface area contributed by atoms with Crippen molar-refractivity contribution in [2.45, 2.75) is 70.6 Å². The predicted molar refractivity (Wildman–Crippen MR) is 109 cm³/mol. The molecule has 148 valence electrons. The summed E-state index contributed by atoms with van der Waals surface area (Å²) in [5.41, 5.74) is 5.48. The molecule has 6 nitrogen and oxygen atoms in total. The number of ether oxygens (including phenoxy) is 1. The number of fused-ring (bicyclic) bond motifs is 2. The number of nitrogens with two attached hydrogens (primary N) is 1. The molecule has 3 rings (SSSR count). The highest BCUT2D eigenvalue weighted by Crippen LogP contribution is 2.46. The Morgan fingerprint density at radius 2 is 2.04 bits per heavy atom. The third kappa shape index (κ3) is 4.08. The second-order valence-corrected chi connectivity index (χ2v) is 9.76. The van der Waals surface area contributed by atoms with E-state index in [0.29, 0.717) is 23.7 Å². The van der Waals surface area contributed by atoms with Crippen LogP contribution in [0.25, 0.3) is 0 Å². The van der Waals surface area contributed by atoms with Gasteiger partial charge in [0.1, 0.15) is 11.1 Å². The van der Waals surface area contributed by atoms with Gasteiger partial charge in [-0.3, -0.25) is 9.69 Å². The number of nitrogens with zero attached hydrogens (tertiary/aromatic N) is 1. The van der Waals surface area contributed by atoms with Crippen LogP contribution in [0.2, 0.25) is 0 Å². The standard InChI is InChI=1S/C20H28BrN3O3/c1-19(2,3)27-18(26)24-14-7-5-12(9-14)11-20(24,4)17(25)23-16-8-6-13(21)10-15(16)22/h6,8,10,12,14H,5,7,9,11,22H2,1-4H3,(H,23,25)/t12?,14-,20?/m1/s1. The normalized spacial score (nSPS) is 27.4. The summed E-state index contributed by atoms with van der Waals surface area (Å²) in [6.45, 7) is 7.36. The first-order valence-corrected chi connectivity index (χ1v) is 10.2. The van der Waals surface area contributed by atoms with Crippen LogP contribution in [0.4, 0.5) is 16.2 Å². The lowest BCUT2D eigenvalue weighted by Crippen LogP contribution is -2.63. The lowest BCUT2D eigenvalue weighted by atomic mass is 9.81. The number of nitrogens with one attached hydrogen (secondary N) is 1. The van der Waals surface area contributed by atoms with E-state index in [4.69, 9.17) is 10.5 Å². The van der Waals surface area contributed by atoms with Gasteiger partial charge in [0.2, 0.25) is 5.91 Å². The number of likely N-dealkylation sites (tertiary alicyclic amines) is 1. The first-order valence-electron chi connectivity index (χ1n) is 9.38. The molecule has 2 fully saturated rings. The smallest absolute Gasteiger partial charge is 0.411 e. The maximum absolute atomic E-state index is 13.3. The first kappa shape index (κ1) is 20.0. The minimum Gasteiger partial charge on any atom is -0.444 e. The zero-order chi connectivity index (χ0) is 20.0. The number of hydrogen-bond acceptors (Lipinski definition) is 4. The third-order valence-corrected chi connectivity index (χ3v) is 5.93. The molecule has 1 aliphatic heterocycles. The van der Waals surface area contributed by atoms with Crippen molar-refractivity contribution in [2.75, 3.05) is 11.1 Å². The van der Waals surface area contributed by atoms with Crippen LogP contribution < -0.4 is 11.1 Å². The SMILES string of the molecule is CC(C)(C)OC(=O)N1[C@@H]2CCC(C2)CC1(C)C(=O)Nc1ccc(Br)cc1N. The molecule has 2 unspecified atom stereocenters. The number of carbonyl (C=O) groups is 2. The Hall–Kier alpha value is -1.76. The molecule has 7 heteroatoms. The predicted octanol–water partition coefficient (Wildman–Crippen LogP) is 4.54. The molecule has 1 aliphatic carbocycles. The molecule has 1 saturated heterocycles. The maximum Gasteiger partial charge on any atom is 0.411 e. The number of benzene rings is 1. The van der Waals surface area contributed by atoms with E-state index in [9.17, 15) is 9.59 Å². The molecule has 0 radical (unpaired) electrons. The number of anilines is 2. The van der Waals surface area contributed by atoms with Crippen molar-refractivity contribution in [3.8, 4) is 0 Å². The van der Waals surface area contributed by atoms with Gasteiger partial charge in [0.25, 0.3) is 0 Å². The van der Waals surface area contributed by atoms with Gasteiger partial charge >= 0.3 is 6.09 Å². The summed E-state index contributed by atoms with van der Waals surface area (Å²) in [6, 6.07) is 5.37. The minimum absolute atomic E-state index is 0.0385. The Balaban J connectivity index is 1.89. The van der Waals surface area contributed by atoms with Crippen molar-refractivity contribution in [3.63, 3.8) is 0 Å². The Labute approximate surface area is 168 Å². The van der Waals surface area contributed by atoms with Crippen LogP contribution in [-0.4, -0.2) is 34.1 Å². The number of piperidine rings is 1. The largest absolute Gasteiger partial charge is 0.444 e. The highest BCUT2D eigenvalue weighted by atomic mass is 79.9. The van der Waals surface area contributed by atoms with E-state index in [-0.39, 0.29) is 11.9 Å². The average molecular weight is 438 g/mol. The van der Waals surface area contributed by atoms with Crippen LogP contribution in [0, 0.1) is 5.92 Å². The van der Waals surface area contributed by atoms with E-state index in [1.54, 1.807) is 17.0 Å². The summed E-state index contributed by atoms with van der Waals surface area (Å²) in [7, 11) is 0. The zero-order valence-electron chi connectivity index (χ0n) is 16.3. The molecule has 27 heavy (non-hydrogen) atoms. The monoisotopic (exact) mass is 437 g/mol. The van der Waals surface area contributed by atoms with Crippen molar-refractivity contribution in [3.05, 3.63) is 22.7 Å². The number of halogens is 1. The van der Waals surface area contributed by atoms with Crippen LogP contribution in [0.1, 0.15) is 53.4 Å². The number of carbonyl (C=O) groups excluding carboxylic acids is 2. The van der Waals surface area contributed by atoms with Crippen molar-refractivity contribution in [1.29, 1.82) is 0 Å². The number of nitrogen functional groups attached to an aromatic ring is 1. The van der Waals surface area contributed by atoms with Crippen LogP contribution in [-0.2, 0) is 9.53 Å². The average Bonchev–Trinajstić information content (AvgIpc) is 2.90. The molecular formula is C20H28BrN3O3. The van der Waals surface area contributed by atoms with Crippen LogP contribution in [0.3, 0.4) is 0 Å². The Morgan fingerprint density at radius 3 is 2.67 bits per heavy atom. The summed E-state index contributed by atoms with van der Waals surface area (Å²) in [5.74, 6) is 0.227. The third-order valence-electron chi connectivity index (χ3n) is 5.44. The van der Waals surface area contributed by atoms with Crippen LogP contribution in [0.5, 0.6) is 0 Å². The molecule has 0 spiro atoms. The highest BCUT2D eigenvalue weighted by molar-refractivity contribution is 9.10. The van der Waals surface area contributed by atoms with E-state index < -0.39 is 17.2 Å². The molecule has 1 aromatic carbocycles. The molecule has 2 aliphatic rings. The molecule has 2 amide bonds. The topological polar surface area (TPSA) is 84.7 Å². The van der Waals surface area contributed by atoms with Crippen LogP contribution in [0.15, 0.2) is 22.7 Å². The van der Waals surface area contributed by atoms with E-state index in [1.165, 1.54) is 0 Å². The van der Waals surface area contributed by atoms with E-state index in [2.05, 4.69) is 21.2 Å². The summed E-state index contributed by atoms with van der Waals surface area (Å²) < 4.78 is 6.48. The number of amides is 2. The van der Waals surface area contributed by atoms with Crippen molar-refractivity contribution >= 4 is 39.3 Å². The van der Waals surface area contributed by atoms with Gasteiger partial charge in [0, 0.05) is 10.5 Å². The van der Waals surface area contributed by atoms with E-state index >= 15 is 0 Å². The second-order valence-electron chi connectivity index (χ2n) is 8.85. The Kier molecular flexibility index (Phi) is 5.18. The lowest BCUT2D eigenvalue weighted by Gasteiger charge is -2.47. The van der Waals surface area contributed by atoms with E-state index in [0.717, 1.165) is 23.7 Å². The quantitative estimate of drug-likeness (QED) is 0.665. The van der Waals surface area contributed by atoms with Crippen molar-refractivity contribution in [1.82, 2.24) is 4.90 Å². The molecule has 3 atom stereocenters. The van der Waals surface area contributed by atoms with Gasteiger partial charge in [0.05, 0.1) is 11.4 Å². The lowest BCUT2D eigenvalue weighted by molar-refractivity contribution is -0.131. The summed E-state index contributed by atoms with van der Waals surface area (Å²) in [4.78, 5) is 27.9. The van der Waals surface area contributed by atoms with Gasteiger partial charge in [-0.1, -0.05) is 15.9 Å². The summed E-state index contributed by atoms with van der Waals surface area (Å²) >= 11 is 3.37. The molecule has 1 heterocycles. The fourth-order valence-electron chi connectivity index (χ4n) is 4.30. The van der Waals surface area contributed by atoms with Gasteiger partial charge < -0.3 is 15.8 Å². The summed E-state index contributed by atoms with van der Waals surface area (Å²) in [6.07, 6.45) is 3.09. The molecule has 1 saturated carbocycles. The van der Waals surface area contributed by atoms with Crippen molar-refractivity contribution in [2.24, 2.45) is 5.92 Å². The molecule has 0 aromatic heterocycles. The molecule has 3 N–H and O–H groups in total. The molecular weight excluding hydrogens is 410 g/mol.